The molecule has 0 aromatic rings. The number of nitrogens with one attached hydrogen (secondary N) is 1. The van der Waals surface area contributed by atoms with Crippen molar-refractivity contribution in [3.05, 3.63) is 0 Å². The Bertz CT molecular complexity index is 137. The molecule has 1 unspecified atom stereocenters. The average Bonchev–Trinajstić information content (AvgIpc) is 2.01. The van der Waals surface area contributed by atoms with Crippen LogP contribution in [-0.4, -0.2) is 25.8 Å². The summed E-state index contributed by atoms with van der Waals surface area (Å²) in [6.45, 7) is 8.60. The maximum Gasteiger partial charge on any atom is 0.0671 e. The third-order valence-corrected chi connectivity index (χ3v) is 1.37. The van der Waals surface area contributed by atoms with Crippen molar-refractivity contribution in [1.82, 2.24) is 5.32 Å². The van der Waals surface area contributed by atoms with Gasteiger partial charge in [0.2, 0.25) is 0 Å². The fraction of sp³-hybridized carbons (Fsp3) is 0.800. The highest BCUT2D eigenvalue weighted by molar-refractivity contribution is 4.86. The smallest absolute Gasteiger partial charge is 0.0671 e. The van der Waals surface area contributed by atoms with Crippen LogP contribution >= 0.6 is 0 Å². The largest absolute Gasteiger partial charge is 0.377 e. The molecule has 2 heteroatoms. The fourth-order valence-electron chi connectivity index (χ4n) is 0.763. The molecule has 0 aliphatic carbocycles. The number of terminal acetylenes is 1. The predicted molar refractivity (Wildman–Crippen MR) is 52.0 cm³/mol. The van der Waals surface area contributed by atoms with E-state index in [1.54, 1.807) is 0 Å². The van der Waals surface area contributed by atoms with Crippen LogP contribution in [0.5, 0.6) is 0 Å². The van der Waals surface area contributed by atoms with Crippen molar-refractivity contribution >= 4 is 0 Å². The van der Waals surface area contributed by atoms with E-state index in [1.165, 1.54) is 0 Å². The van der Waals surface area contributed by atoms with Crippen molar-refractivity contribution in [1.29, 1.82) is 0 Å². The summed E-state index contributed by atoms with van der Waals surface area (Å²) in [5.41, 5.74) is 0. The van der Waals surface area contributed by atoms with Gasteiger partial charge in [-0.1, -0.05) is 19.8 Å². The van der Waals surface area contributed by atoms with Crippen LogP contribution in [0.15, 0.2) is 0 Å². The predicted octanol–water partition coefficient (Wildman–Crippen LogP) is 1.27. The first-order chi connectivity index (χ1) is 5.66. The van der Waals surface area contributed by atoms with Gasteiger partial charge in [0, 0.05) is 13.2 Å². The molecule has 0 fully saturated rings. The van der Waals surface area contributed by atoms with E-state index in [0.717, 1.165) is 13.2 Å². The van der Waals surface area contributed by atoms with Gasteiger partial charge in [-0.3, -0.25) is 0 Å². The average molecular weight is 169 g/mol. The Kier molecular flexibility index (Phi) is 6.84. The first-order valence-corrected chi connectivity index (χ1v) is 4.42. The molecule has 0 aromatic carbocycles. The van der Waals surface area contributed by atoms with E-state index in [1.807, 2.05) is 6.92 Å². The molecule has 0 bridgehead atoms. The van der Waals surface area contributed by atoms with E-state index in [4.69, 9.17) is 11.2 Å². The third-order valence-electron chi connectivity index (χ3n) is 1.37. The van der Waals surface area contributed by atoms with E-state index in [-0.39, 0.29) is 6.10 Å². The van der Waals surface area contributed by atoms with Gasteiger partial charge in [-0.25, -0.2) is 0 Å². The molecule has 0 rings (SSSR count). The molecule has 0 aliphatic rings. The van der Waals surface area contributed by atoms with Crippen molar-refractivity contribution in [3.63, 3.8) is 0 Å². The Morgan fingerprint density at radius 3 is 2.58 bits per heavy atom. The lowest BCUT2D eigenvalue weighted by molar-refractivity contribution is 0.0484. The summed E-state index contributed by atoms with van der Waals surface area (Å²) in [5, 5.41) is 3.10. The van der Waals surface area contributed by atoms with Gasteiger partial charge in [0.15, 0.2) is 0 Å². The van der Waals surface area contributed by atoms with E-state index in [2.05, 4.69) is 25.1 Å². The molecule has 0 radical (unpaired) electrons. The zero-order valence-corrected chi connectivity index (χ0v) is 8.26. The molecule has 12 heavy (non-hydrogen) atoms. The van der Waals surface area contributed by atoms with Crippen molar-refractivity contribution in [3.8, 4) is 12.3 Å². The summed E-state index contributed by atoms with van der Waals surface area (Å²) in [7, 11) is 0. The number of ether oxygens (including phenoxy) is 1. The van der Waals surface area contributed by atoms with Gasteiger partial charge >= 0.3 is 0 Å². The lowest BCUT2D eigenvalue weighted by atomic mass is 10.2. The third kappa shape index (κ3) is 7.59. The molecule has 0 aromatic heterocycles. The second-order valence-corrected chi connectivity index (χ2v) is 3.37. The minimum absolute atomic E-state index is 0.251. The molecule has 1 atom stereocenters. The lowest BCUT2D eigenvalue weighted by Gasteiger charge is -2.14. The molecule has 1 N–H and O–H groups in total. The lowest BCUT2D eigenvalue weighted by Crippen LogP contribution is -2.28. The highest BCUT2D eigenvalue weighted by atomic mass is 16.5. The zero-order chi connectivity index (χ0) is 9.40. The van der Waals surface area contributed by atoms with Crippen LogP contribution in [0.4, 0.5) is 0 Å². The van der Waals surface area contributed by atoms with Crippen molar-refractivity contribution in [2.75, 3.05) is 19.7 Å². The number of hydrogen-bond donors (Lipinski definition) is 1. The summed E-state index contributed by atoms with van der Waals surface area (Å²) in [4.78, 5) is 0. The van der Waals surface area contributed by atoms with E-state index < -0.39 is 0 Å². The Morgan fingerprint density at radius 1 is 1.42 bits per heavy atom. The van der Waals surface area contributed by atoms with Gasteiger partial charge in [-0.05, 0) is 12.8 Å². The minimum atomic E-state index is 0.251. The van der Waals surface area contributed by atoms with Crippen molar-refractivity contribution in [2.24, 2.45) is 5.92 Å². The van der Waals surface area contributed by atoms with Crippen molar-refractivity contribution in [2.45, 2.75) is 26.9 Å². The highest BCUT2D eigenvalue weighted by Crippen LogP contribution is 1.96. The van der Waals surface area contributed by atoms with Gasteiger partial charge in [0.25, 0.3) is 0 Å². The van der Waals surface area contributed by atoms with Crippen LogP contribution in [-0.2, 0) is 4.74 Å². The minimum Gasteiger partial charge on any atom is -0.377 e. The van der Waals surface area contributed by atoms with E-state index in [9.17, 15) is 0 Å². The second kappa shape index (κ2) is 7.15. The summed E-state index contributed by atoms with van der Waals surface area (Å²) < 4.78 is 5.52. The molecule has 0 aliphatic heterocycles. The molecule has 2 nitrogen and oxygen atoms in total. The second-order valence-electron chi connectivity index (χ2n) is 3.37. The molecule has 0 amide bonds. The summed E-state index contributed by atoms with van der Waals surface area (Å²) in [6.07, 6.45) is 5.33. The topological polar surface area (TPSA) is 21.3 Å². The summed E-state index contributed by atoms with van der Waals surface area (Å²) in [6, 6.07) is 0. The monoisotopic (exact) mass is 169 g/mol. The molecule has 0 heterocycles. The highest BCUT2D eigenvalue weighted by Gasteiger charge is 2.01. The van der Waals surface area contributed by atoms with Crippen LogP contribution in [0, 0.1) is 18.3 Å². The summed E-state index contributed by atoms with van der Waals surface area (Å²) >= 11 is 0. The van der Waals surface area contributed by atoms with Gasteiger partial charge in [0.1, 0.15) is 0 Å². The first kappa shape index (κ1) is 11.5. The Labute approximate surface area is 75.7 Å². The first-order valence-electron chi connectivity index (χ1n) is 4.42. The van der Waals surface area contributed by atoms with Gasteiger partial charge in [-0.2, -0.15) is 0 Å². The molecular formula is C10H19NO. The maximum absolute atomic E-state index is 5.52. The standard InChI is InChI=1S/C10H19NO/c1-5-6-11-7-10(4)12-8-9(2)3/h1,9-11H,6-8H2,2-4H3. The van der Waals surface area contributed by atoms with Crippen LogP contribution in [0.1, 0.15) is 20.8 Å². The molecular weight excluding hydrogens is 150 g/mol. The van der Waals surface area contributed by atoms with Crippen LogP contribution in [0.25, 0.3) is 0 Å². The van der Waals surface area contributed by atoms with Gasteiger partial charge < -0.3 is 10.1 Å². The maximum atomic E-state index is 5.52. The Balaban J connectivity index is 3.22. The normalized spacial score (nSPS) is 12.9. The SMILES string of the molecule is C#CCNCC(C)OCC(C)C. The van der Waals surface area contributed by atoms with Crippen LogP contribution in [0.3, 0.4) is 0 Å². The number of hydrogen-bond acceptors (Lipinski definition) is 2. The molecule has 0 spiro atoms. The van der Waals surface area contributed by atoms with Gasteiger partial charge in [-0.15, -0.1) is 6.42 Å². The van der Waals surface area contributed by atoms with E-state index in [0.29, 0.717) is 12.5 Å². The van der Waals surface area contributed by atoms with Crippen LogP contribution in [0.2, 0.25) is 0 Å². The van der Waals surface area contributed by atoms with Gasteiger partial charge in [0.05, 0.1) is 12.6 Å². The summed E-state index contributed by atoms with van der Waals surface area (Å²) in [5.74, 6) is 3.12. The van der Waals surface area contributed by atoms with E-state index >= 15 is 0 Å². The zero-order valence-electron chi connectivity index (χ0n) is 8.26. The number of rotatable bonds is 6. The van der Waals surface area contributed by atoms with Crippen molar-refractivity contribution < 1.29 is 4.74 Å². The molecule has 0 saturated carbocycles. The Morgan fingerprint density at radius 2 is 2.08 bits per heavy atom. The fourth-order valence-corrected chi connectivity index (χ4v) is 0.763. The Hall–Kier alpha value is -0.520. The van der Waals surface area contributed by atoms with Crippen LogP contribution < -0.4 is 5.32 Å². The quantitative estimate of drug-likeness (QED) is 0.477. The molecule has 0 saturated heterocycles. The molecule has 70 valence electrons.